The van der Waals surface area contributed by atoms with Crippen LogP contribution >= 0.6 is 0 Å². The van der Waals surface area contributed by atoms with Gasteiger partial charge in [-0.25, -0.2) is 9.97 Å². The van der Waals surface area contributed by atoms with Crippen LogP contribution in [0.15, 0.2) is 48.8 Å². The van der Waals surface area contributed by atoms with Gasteiger partial charge in [0, 0.05) is 37.5 Å². The Bertz CT molecular complexity index is 966. The van der Waals surface area contributed by atoms with E-state index in [1.165, 1.54) is 11.1 Å². The Kier molecular flexibility index (Phi) is 5.16. The number of carbonyl (C=O) groups is 1. The number of nitrogens with zero attached hydrogens (tertiary/aromatic N) is 4. The van der Waals surface area contributed by atoms with Gasteiger partial charge in [-0.1, -0.05) is 38.1 Å². The predicted molar refractivity (Wildman–Crippen MR) is 107 cm³/mol. The van der Waals surface area contributed by atoms with Crippen LogP contribution in [0.4, 0.5) is 5.82 Å². The van der Waals surface area contributed by atoms with Crippen LogP contribution in [0.5, 0.6) is 0 Å². The third kappa shape index (κ3) is 3.94. The van der Waals surface area contributed by atoms with Crippen molar-refractivity contribution in [2.24, 2.45) is 0 Å². The van der Waals surface area contributed by atoms with Crippen molar-refractivity contribution in [3.05, 3.63) is 65.6 Å². The minimum absolute atomic E-state index is 0.0516. The largest absolute Gasteiger partial charge is 0.310 e. The number of amides is 1. The molecule has 2 N–H and O–H groups in total. The van der Waals surface area contributed by atoms with E-state index in [0.717, 1.165) is 18.7 Å². The lowest BCUT2D eigenvalue weighted by Crippen LogP contribution is -2.38. The van der Waals surface area contributed by atoms with Gasteiger partial charge in [0.15, 0.2) is 0 Å². The summed E-state index contributed by atoms with van der Waals surface area (Å²) >= 11 is 0. The second-order valence-corrected chi connectivity index (χ2v) is 7.37. The second-order valence-electron chi connectivity index (χ2n) is 7.37. The minimum Gasteiger partial charge on any atom is -0.310 e. The zero-order chi connectivity index (χ0) is 19.5. The van der Waals surface area contributed by atoms with E-state index < -0.39 is 0 Å². The molecule has 0 unspecified atom stereocenters. The van der Waals surface area contributed by atoms with Crippen LogP contribution in [0.1, 0.15) is 43.0 Å². The molecule has 2 aromatic heterocycles. The fraction of sp³-hybridized carbons (Fsp3) is 0.333. The van der Waals surface area contributed by atoms with Gasteiger partial charge in [-0.15, -0.1) is 0 Å². The molecular weight excluding hydrogens is 352 g/mol. The summed E-state index contributed by atoms with van der Waals surface area (Å²) in [6, 6.07) is 12.1. The lowest BCUT2D eigenvalue weighted by molar-refractivity contribution is -0.116. The summed E-state index contributed by atoms with van der Waals surface area (Å²) in [7, 11) is 0. The Balaban J connectivity index is 1.49. The first-order valence-corrected chi connectivity index (χ1v) is 9.57. The number of hydrogen-bond donors (Lipinski definition) is 2. The first kappa shape index (κ1) is 18.3. The average Bonchev–Trinajstić information content (AvgIpc) is 3.12. The van der Waals surface area contributed by atoms with Gasteiger partial charge >= 0.3 is 0 Å². The third-order valence-corrected chi connectivity index (χ3v) is 4.93. The highest BCUT2D eigenvalue weighted by atomic mass is 16.1. The maximum Gasteiger partial charge on any atom is 0.252 e. The van der Waals surface area contributed by atoms with Gasteiger partial charge in [-0.3, -0.25) is 4.79 Å². The van der Waals surface area contributed by atoms with Crippen molar-refractivity contribution in [1.29, 1.82) is 0 Å². The number of fused-ring (bicyclic) bond motifs is 1. The fourth-order valence-corrected chi connectivity index (χ4v) is 3.41. The molecular formula is C21H24N6O. The highest BCUT2D eigenvalue weighted by Crippen LogP contribution is 2.22. The van der Waals surface area contributed by atoms with E-state index in [9.17, 15) is 4.79 Å². The van der Waals surface area contributed by atoms with Crippen molar-refractivity contribution < 1.29 is 4.79 Å². The molecule has 1 aliphatic rings. The summed E-state index contributed by atoms with van der Waals surface area (Å²) in [5, 5.41) is 11.0. The van der Waals surface area contributed by atoms with Crippen molar-refractivity contribution in [2.45, 2.75) is 45.2 Å². The van der Waals surface area contributed by atoms with Crippen LogP contribution in [0.25, 0.3) is 5.95 Å². The summed E-state index contributed by atoms with van der Waals surface area (Å²) in [6.07, 6.45) is 4.57. The molecule has 1 aromatic carbocycles. The predicted octanol–water partition coefficient (Wildman–Crippen LogP) is 2.83. The minimum atomic E-state index is -0.0516. The zero-order valence-electron chi connectivity index (χ0n) is 16.1. The van der Waals surface area contributed by atoms with E-state index in [1.54, 1.807) is 23.1 Å². The molecule has 3 heterocycles. The highest BCUT2D eigenvalue weighted by Gasteiger charge is 2.22. The molecule has 7 nitrogen and oxygen atoms in total. The normalized spacial score (nSPS) is 16.0. The van der Waals surface area contributed by atoms with E-state index in [0.29, 0.717) is 18.2 Å². The van der Waals surface area contributed by atoms with Gasteiger partial charge in [0.25, 0.3) is 5.95 Å². The molecule has 0 aliphatic carbocycles. The Morgan fingerprint density at radius 3 is 2.71 bits per heavy atom. The molecule has 1 atom stereocenters. The molecule has 0 saturated heterocycles. The van der Waals surface area contributed by atoms with Crippen LogP contribution in [0.3, 0.4) is 0 Å². The molecule has 0 spiro atoms. The number of hydrogen-bond acceptors (Lipinski definition) is 5. The SMILES string of the molecule is CC(C)c1cc(NC(=O)C[C@@H]2Cc3ccccc3CN2)n(-c2ncccn2)n1. The van der Waals surface area contributed by atoms with Crippen molar-refractivity contribution >= 4 is 11.7 Å². The van der Waals surface area contributed by atoms with Crippen LogP contribution in [-0.2, 0) is 17.8 Å². The van der Waals surface area contributed by atoms with Crippen molar-refractivity contribution in [1.82, 2.24) is 25.1 Å². The molecule has 144 valence electrons. The lowest BCUT2D eigenvalue weighted by atomic mass is 9.94. The molecule has 4 rings (SSSR count). The number of nitrogens with one attached hydrogen (secondary N) is 2. The first-order valence-electron chi connectivity index (χ1n) is 9.57. The molecule has 3 aromatic rings. The molecule has 1 aliphatic heterocycles. The van der Waals surface area contributed by atoms with E-state index in [4.69, 9.17) is 0 Å². The van der Waals surface area contributed by atoms with Gasteiger partial charge < -0.3 is 10.6 Å². The number of carbonyl (C=O) groups excluding carboxylic acids is 1. The molecule has 0 bridgehead atoms. The lowest BCUT2D eigenvalue weighted by Gasteiger charge is -2.25. The Morgan fingerprint density at radius 2 is 1.96 bits per heavy atom. The van der Waals surface area contributed by atoms with Crippen LogP contribution in [0.2, 0.25) is 0 Å². The maximum absolute atomic E-state index is 12.7. The van der Waals surface area contributed by atoms with E-state index in [1.807, 2.05) is 18.2 Å². The maximum atomic E-state index is 12.7. The van der Waals surface area contributed by atoms with Crippen molar-refractivity contribution in [3.8, 4) is 5.95 Å². The zero-order valence-corrected chi connectivity index (χ0v) is 16.1. The summed E-state index contributed by atoms with van der Waals surface area (Å²) < 4.78 is 1.59. The molecule has 0 saturated carbocycles. The Hall–Kier alpha value is -3.06. The standard InChI is InChI=1S/C21H24N6O/c1-14(2)18-12-19(27(26-18)21-22-8-5-9-23-21)25-20(28)11-17-10-15-6-3-4-7-16(15)13-24-17/h3-9,12,14,17,24H,10-11,13H2,1-2H3,(H,25,28)/t17-/m0/s1. The van der Waals surface area contributed by atoms with Gasteiger partial charge in [-0.05, 0) is 29.5 Å². The second kappa shape index (κ2) is 7.90. The average molecular weight is 376 g/mol. The first-order chi connectivity index (χ1) is 13.6. The molecule has 0 radical (unpaired) electrons. The van der Waals surface area contributed by atoms with Gasteiger partial charge in [0.1, 0.15) is 5.82 Å². The highest BCUT2D eigenvalue weighted by molar-refractivity contribution is 5.90. The molecule has 7 heteroatoms. The fourth-order valence-electron chi connectivity index (χ4n) is 3.41. The van der Waals surface area contributed by atoms with Crippen LogP contribution < -0.4 is 10.6 Å². The van der Waals surface area contributed by atoms with E-state index >= 15 is 0 Å². The van der Waals surface area contributed by atoms with Crippen molar-refractivity contribution in [2.75, 3.05) is 5.32 Å². The number of aromatic nitrogens is 4. The van der Waals surface area contributed by atoms with Gasteiger partial charge in [-0.2, -0.15) is 9.78 Å². The van der Waals surface area contributed by atoms with Crippen LogP contribution in [-0.4, -0.2) is 31.7 Å². The van der Waals surface area contributed by atoms with Crippen molar-refractivity contribution in [3.63, 3.8) is 0 Å². The van der Waals surface area contributed by atoms with E-state index in [-0.39, 0.29) is 17.9 Å². The number of rotatable bonds is 5. The van der Waals surface area contributed by atoms with Crippen LogP contribution in [0, 0.1) is 0 Å². The smallest absolute Gasteiger partial charge is 0.252 e. The van der Waals surface area contributed by atoms with Gasteiger partial charge in [0.05, 0.1) is 5.69 Å². The molecule has 1 amide bonds. The number of anilines is 1. The molecule has 28 heavy (non-hydrogen) atoms. The summed E-state index contributed by atoms with van der Waals surface area (Å²) in [4.78, 5) is 21.2. The Morgan fingerprint density at radius 1 is 1.21 bits per heavy atom. The summed E-state index contributed by atoms with van der Waals surface area (Å²) in [5.41, 5.74) is 3.50. The molecule has 0 fully saturated rings. The summed E-state index contributed by atoms with van der Waals surface area (Å²) in [6.45, 7) is 4.92. The quantitative estimate of drug-likeness (QED) is 0.715. The summed E-state index contributed by atoms with van der Waals surface area (Å²) in [5.74, 6) is 1.21. The third-order valence-electron chi connectivity index (χ3n) is 4.93. The van der Waals surface area contributed by atoms with E-state index in [2.05, 4.69) is 51.7 Å². The van der Waals surface area contributed by atoms with Gasteiger partial charge in [0.2, 0.25) is 5.91 Å². The monoisotopic (exact) mass is 376 g/mol. The number of benzene rings is 1. The topological polar surface area (TPSA) is 84.7 Å². The Labute approximate surface area is 164 Å².